The zero-order valence-corrected chi connectivity index (χ0v) is 10.1. The van der Waals surface area contributed by atoms with Gasteiger partial charge in [-0.25, -0.2) is 0 Å². The molecule has 1 aromatic heterocycles. The summed E-state index contributed by atoms with van der Waals surface area (Å²) < 4.78 is 10.2. The van der Waals surface area contributed by atoms with Crippen LogP contribution in [0.3, 0.4) is 0 Å². The fourth-order valence-corrected chi connectivity index (χ4v) is 1.62. The number of ether oxygens (including phenoxy) is 1. The molecule has 0 aliphatic rings. The molecular weight excluding hydrogens is 228 g/mol. The number of benzene rings is 1. The fourth-order valence-electron chi connectivity index (χ4n) is 1.62. The molecule has 1 atom stereocenters. The molecule has 0 spiro atoms. The zero-order chi connectivity index (χ0) is 12.8. The second kappa shape index (κ2) is 5.78. The highest BCUT2D eigenvalue weighted by molar-refractivity contribution is 5.47. The Hall–Kier alpha value is -2.41. The molecular formula is C14H14N2O2. The van der Waals surface area contributed by atoms with Gasteiger partial charge in [0.05, 0.1) is 18.6 Å². The number of nitrogens with one attached hydrogen (secondary N) is 1. The van der Waals surface area contributed by atoms with E-state index in [0.717, 1.165) is 11.3 Å². The molecule has 0 saturated heterocycles. The average Bonchev–Trinajstić information content (AvgIpc) is 2.92. The Labute approximate surface area is 106 Å². The molecule has 0 saturated carbocycles. The first-order chi connectivity index (χ1) is 8.79. The molecule has 0 aliphatic carbocycles. The molecule has 0 fully saturated rings. The highest BCUT2D eigenvalue weighted by Crippen LogP contribution is 2.21. The maximum Gasteiger partial charge on any atom is 0.174 e. The van der Waals surface area contributed by atoms with Gasteiger partial charge < -0.3 is 14.5 Å². The minimum atomic E-state index is 0.0677. The van der Waals surface area contributed by atoms with Crippen LogP contribution >= 0.6 is 0 Å². The van der Waals surface area contributed by atoms with Gasteiger partial charge in [-0.1, -0.05) is 0 Å². The van der Waals surface area contributed by atoms with Gasteiger partial charge in [0, 0.05) is 11.3 Å². The molecule has 0 amide bonds. The Kier molecular flexibility index (Phi) is 3.87. The number of hydrogen-bond acceptors (Lipinski definition) is 4. The average molecular weight is 242 g/mol. The van der Waals surface area contributed by atoms with Crippen LogP contribution in [0.1, 0.15) is 18.5 Å². The summed E-state index contributed by atoms with van der Waals surface area (Å²) in [7, 11) is 0. The quantitative estimate of drug-likeness (QED) is 0.873. The lowest BCUT2D eigenvalue weighted by atomic mass is 10.1. The molecule has 4 nitrogen and oxygen atoms in total. The number of hydrogen-bond donors (Lipinski definition) is 1. The van der Waals surface area contributed by atoms with Crippen LogP contribution in [-0.4, -0.2) is 6.61 Å². The third kappa shape index (κ3) is 3.05. The van der Waals surface area contributed by atoms with Crippen molar-refractivity contribution in [2.24, 2.45) is 0 Å². The van der Waals surface area contributed by atoms with Crippen molar-refractivity contribution in [1.82, 2.24) is 0 Å². The van der Waals surface area contributed by atoms with Gasteiger partial charge in [-0.2, -0.15) is 5.26 Å². The van der Waals surface area contributed by atoms with Crippen LogP contribution in [-0.2, 0) is 0 Å². The van der Waals surface area contributed by atoms with Gasteiger partial charge in [0.2, 0.25) is 0 Å². The van der Waals surface area contributed by atoms with E-state index in [-0.39, 0.29) is 12.6 Å². The van der Waals surface area contributed by atoms with Crippen LogP contribution < -0.4 is 10.1 Å². The van der Waals surface area contributed by atoms with Crippen LogP contribution in [0.2, 0.25) is 0 Å². The molecule has 0 bridgehead atoms. The number of rotatable bonds is 5. The Morgan fingerprint density at radius 1 is 1.33 bits per heavy atom. The van der Waals surface area contributed by atoms with E-state index in [2.05, 4.69) is 12.2 Å². The van der Waals surface area contributed by atoms with E-state index in [1.54, 1.807) is 12.5 Å². The first-order valence-electron chi connectivity index (χ1n) is 5.68. The first kappa shape index (κ1) is 12.1. The van der Waals surface area contributed by atoms with Crippen LogP contribution in [0, 0.1) is 11.3 Å². The standard InChI is InChI=1S/C14H14N2O2/c1-11(12-6-8-17-10-12)16-13-2-4-14(5-3-13)18-9-7-15/h2-6,8,10-11,16H,9H2,1H3. The van der Waals surface area contributed by atoms with Gasteiger partial charge in [-0.05, 0) is 37.3 Å². The lowest BCUT2D eigenvalue weighted by Gasteiger charge is -2.13. The van der Waals surface area contributed by atoms with Crippen molar-refractivity contribution in [2.45, 2.75) is 13.0 Å². The van der Waals surface area contributed by atoms with Gasteiger partial charge in [0.25, 0.3) is 0 Å². The molecule has 1 unspecified atom stereocenters. The molecule has 2 rings (SSSR count). The minimum absolute atomic E-state index is 0.0677. The van der Waals surface area contributed by atoms with Gasteiger partial charge >= 0.3 is 0 Å². The Morgan fingerprint density at radius 2 is 2.11 bits per heavy atom. The van der Waals surface area contributed by atoms with Crippen molar-refractivity contribution in [1.29, 1.82) is 5.26 Å². The molecule has 18 heavy (non-hydrogen) atoms. The van der Waals surface area contributed by atoms with E-state index in [0.29, 0.717) is 5.75 Å². The van der Waals surface area contributed by atoms with E-state index < -0.39 is 0 Å². The highest BCUT2D eigenvalue weighted by Gasteiger charge is 2.06. The zero-order valence-electron chi connectivity index (χ0n) is 10.1. The van der Waals surface area contributed by atoms with Crippen LogP contribution in [0.25, 0.3) is 0 Å². The summed E-state index contributed by atoms with van der Waals surface area (Å²) in [5.74, 6) is 0.693. The van der Waals surface area contributed by atoms with Gasteiger partial charge in [0.1, 0.15) is 11.8 Å². The molecule has 0 aliphatic heterocycles. The van der Waals surface area contributed by atoms with E-state index in [1.165, 1.54) is 0 Å². The maximum absolute atomic E-state index is 8.41. The molecule has 1 N–H and O–H groups in total. The van der Waals surface area contributed by atoms with Crippen molar-refractivity contribution in [2.75, 3.05) is 11.9 Å². The Bertz CT molecular complexity index is 512. The number of furan rings is 1. The van der Waals surface area contributed by atoms with Gasteiger partial charge in [-0.15, -0.1) is 0 Å². The fraction of sp³-hybridized carbons (Fsp3) is 0.214. The third-order valence-corrected chi connectivity index (χ3v) is 2.58. The molecule has 1 heterocycles. The van der Waals surface area contributed by atoms with Crippen molar-refractivity contribution < 1.29 is 9.15 Å². The summed E-state index contributed by atoms with van der Waals surface area (Å²) in [6.07, 6.45) is 3.38. The summed E-state index contributed by atoms with van der Waals surface area (Å²) in [6, 6.07) is 11.6. The van der Waals surface area contributed by atoms with Gasteiger partial charge in [-0.3, -0.25) is 0 Å². The summed E-state index contributed by atoms with van der Waals surface area (Å²) in [4.78, 5) is 0. The van der Waals surface area contributed by atoms with E-state index in [4.69, 9.17) is 14.4 Å². The molecule has 2 aromatic rings. The Morgan fingerprint density at radius 3 is 2.72 bits per heavy atom. The van der Waals surface area contributed by atoms with Crippen molar-refractivity contribution in [3.63, 3.8) is 0 Å². The lowest BCUT2D eigenvalue weighted by molar-refractivity contribution is 0.368. The molecule has 4 heteroatoms. The highest BCUT2D eigenvalue weighted by atomic mass is 16.5. The Balaban J connectivity index is 1.96. The van der Waals surface area contributed by atoms with Crippen LogP contribution in [0.5, 0.6) is 5.75 Å². The summed E-state index contributed by atoms with van der Waals surface area (Å²) in [6.45, 7) is 2.13. The maximum atomic E-state index is 8.41. The topological polar surface area (TPSA) is 58.2 Å². The smallest absolute Gasteiger partial charge is 0.174 e. The summed E-state index contributed by atoms with van der Waals surface area (Å²) in [5, 5.41) is 11.8. The number of nitriles is 1. The SMILES string of the molecule is CC(Nc1ccc(OCC#N)cc1)c1ccoc1. The predicted molar refractivity (Wildman–Crippen MR) is 68.3 cm³/mol. The van der Waals surface area contributed by atoms with Crippen molar-refractivity contribution in [3.8, 4) is 11.8 Å². The van der Waals surface area contributed by atoms with E-state index in [9.17, 15) is 0 Å². The lowest BCUT2D eigenvalue weighted by Crippen LogP contribution is -2.05. The predicted octanol–water partition coefficient (Wildman–Crippen LogP) is 3.36. The normalized spacial score (nSPS) is 11.6. The minimum Gasteiger partial charge on any atom is -0.479 e. The van der Waals surface area contributed by atoms with E-state index >= 15 is 0 Å². The first-order valence-corrected chi connectivity index (χ1v) is 5.68. The van der Waals surface area contributed by atoms with E-state index in [1.807, 2.05) is 36.4 Å². The van der Waals surface area contributed by atoms with Gasteiger partial charge in [0.15, 0.2) is 6.61 Å². The number of anilines is 1. The largest absolute Gasteiger partial charge is 0.479 e. The molecule has 92 valence electrons. The summed E-state index contributed by atoms with van der Waals surface area (Å²) in [5.41, 5.74) is 2.09. The molecule has 1 aromatic carbocycles. The van der Waals surface area contributed by atoms with Crippen LogP contribution in [0.15, 0.2) is 47.3 Å². The van der Waals surface area contributed by atoms with Crippen molar-refractivity contribution in [3.05, 3.63) is 48.4 Å². The second-order valence-corrected chi connectivity index (χ2v) is 3.89. The second-order valence-electron chi connectivity index (χ2n) is 3.89. The summed E-state index contributed by atoms with van der Waals surface area (Å²) >= 11 is 0. The third-order valence-electron chi connectivity index (χ3n) is 2.58. The van der Waals surface area contributed by atoms with Crippen molar-refractivity contribution >= 4 is 5.69 Å². The molecule has 0 radical (unpaired) electrons. The monoisotopic (exact) mass is 242 g/mol. The van der Waals surface area contributed by atoms with Crippen LogP contribution in [0.4, 0.5) is 5.69 Å². The number of nitrogens with zero attached hydrogens (tertiary/aromatic N) is 1.